The molecule has 0 N–H and O–H groups in total. The van der Waals surface area contributed by atoms with Gasteiger partial charge in [-0.15, -0.1) is 0 Å². The zero-order valence-electron chi connectivity index (χ0n) is 8.88. The van der Waals surface area contributed by atoms with Gasteiger partial charge in [-0.1, -0.05) is 6.92 Å². The first-order valence-corrected chi connectivity index (χ1v) is 5.15. The van der Waals surface area contributed by atoms with E-state index in [9.17, 15) is 0 Å². The first-order valence-electron chi connectivity index (χ1n) is 5.15. The molecule has 13 heavy (non-hydrogen) atoms. The molecule has 0 aliphatic carbocycles. The lowest BCUT2D eigenvalue weighted by atomic mass is 10.5. The molecule has 0 radical (unpaired) electrons. The van der Waals surface area contributed by atoms with Gasteiger partial charge in [0.25, 0.3) is 0 Å². The lowest BCUT2D eigenvalue weighted by Gasteiger charge is -2.04. The summed E-state index contributed by atoms with van der Waals surface area (Å²) >= 11 is 0. The maximum absolute atomic E-state index is 5.32. The van der Waals surface area contributed by atoms with Gasteiger partial charge < -0.3 is 14.2 Å². The zero-order chi connectivity index (χ0) is 9.78. The third-order valence-electron chi connectivity index (χ3n) is 1.50. The fourth-order valence-corrected chi connectivity index (χ4v) is 0.874. The molecule has 80 valence electrons. The fourth-order valence-electron chi connectivity index (χ4n) is 0.874. The highest BCUT2D eigenvalue weighted by molar-refractivity contribution is 4.35. The van der Waals surface area contributed by atoms with E-state index in [1.807, 2.05) is 6.92 Å². The molecule has 0 saturated carbocycles. The molecule has 0 rings (SSSR count). The van der Waals surface area contributed by atoms with Crippen LogP contribution in [0, 0.1) is 0 Å². The quantitative estimate of drug-likeness (QED) is 0.492. The van der Waals surface area contributed by atoms with E-state index in [2.05, 4.69) is 6.92 Å². The molecular weight excluding hydrogens is 168 g/mol. The van der Waals surface area contributed by atoms with E-state index in [4.69, 9.17) is 14.2 Å². The summed E-state index contributed by atoms with van der Waals surface area (Å²) in [5.74, 6) is 0. The van der Waals surface area contributed by atoms with Crippen molar-refractivity contribution in [2.45, 2.75) is 26.7 Å². The van der Waals surface area contributed by atoms with Crippen molar-refractivity contribution in [1.29, 1.82) is 0 Å². The van der Waals surface area contributed by atoms with E-state index < -0.39 is 0 Å². The van der Waals surface area contributed by atoms with Crippen molar-refractivity contribution in [2.24, 2.45) is 0 Å². The number of hydrogen-bond donors (Lipinski definition) is 0. The molecule has 0 aromatic heterocycles. The van der Waals surface area contributed by atoms with Crippen molar-refractivity contribution in [3.63, 3.8) is 0 Å². The molecule has 0 aliphatic rings. The van der Waals surface area contributed by atoms with Gasteiger partial charge in [0.05, 0.1) is 13.2 Å². The average molecular weight is 190 g/mol. The molecule has 0 fully saturated rings. The standard InChI is InChI=1S/C10H22O3/c1-3-6-12-9-10-13-8-5-7-11-4-2/h3-10H2,1-2H3. The van der Waals surface area contributed by atoms with Gasteiger partial charge >= 0.3 is 0 Å². The van der Waals surface area contributed by atoms with Crippen molar-refractivity contribution in [3.05, 3.63) is 0 Å². The van der Waals surface area contributed by atoms with Gasteiger partial charge in [0, 0.05) is 26.4 Å². The Balaban J connectivity index is 2.76. The molecule has 0 spiro atoms. The van der Waals surface area contributed by atoms with Crippen molar-refractivity contribution in [3.8, 4) is 0 Å². The highest BCUT2D eigenvalue weighted by Crippen LogP contribution is 1.86. The summed E-state index contributed by atoms with van der Waals surface area (Å²) in [7, 11) is 0. The Morgan fingerprint density at radius 2 is 1.31 bits per heavy atom. The van der Waals surface area contributed by atoms with E-state index >= 15 is 0 Å². The third kappa shape index (κ3) is 11.9. The third-order valence-corrected chi connectivity index (χ3v) is 1.50. The van der Waals surface area contributed by atoms with Crippen LogP contribution in [0.15, 0.2) is 0 Å². The van der Waals surface area contributed by atoms with Gasteiger partial charge in [0.2, 0.25) is 0 Å². The first-order chi connectivity index (χ1) is 6.41. The lowest BCUT2D eigenvalue weighted by molar-refractivity contribution is 0.0370. The highest BCUT2D eigenvalue weighted by Gasteiger charge is 1.89. The molecule has 0 amide bonds. The van der Waals surface area contributed by atoms with Crippen LogP contribution in [0.1, 0.15) is 26.7 Å². The largest absolute Gasteiger partial charge is 0.382 e. The van der Waals surface area contributed by atoms with E-state index in [1.54, 1.807) is 0 Å². The Bertz CT molecular complexity index is 76.2. The van der Waals surface area contributed by atoms with Crippen LogP contribution in [-0.2, 0) is 14.2 Å². The lowest BCUT2D eigenvalue weighted by Crippen LogP contribution is -2.07. The topological polar surface area (TPSA) is 27.7 Å². The molecule has 0 unspecified atom stereocenters. The molecule has 0 heterocycles. The minimum atomic E-state index is 0.701. The predicted octanol–water partition coefficient (Wildman–Crippen LogP) is 1.86. The molecule has 3 nitrogen and oxygen atoms in total. The Morgan fingerprint density at radius 3 is 1.92 bits per heavy atom. The minimum absolute atomic E-state index is 0.701. The maximum Gasteiger partial charge on any atom is 0.0700 e. The first kappa shape index (κ1) is 12.9. The van der Waals surface area contributed by atoms with Crippen molar-refractivity contribution in [2.75, 3.05) is 39.6 Å². The molecule has 3 heteroatoms. The maximum atomic E-state index is 5.32. The van der Waals surface area contributed by atoms with E-state index in [0.29, 0.717) is 13.2 Å². The van der Waals surface area contributed by atoms with Gasteiger partial charge in [0.1, 0.15) is 0 Å². The van der Waals surface area contributed by atoms with Crippen LogP contribution in [0.3, 0.4) is 0 Å². The molecule has 0 aromatic rings. The van der Waals surface area contributed by atoms with Gasteiger partial charge in [-0.05, 0) is 19.8 Å². The second-order valence-corrected chi connectivity index (χ2v) is 2.78. The number of ether oxygens (including phenoxy) is 3. The molecule has 0 saturated heterocycles. The zero-order valence-corrected chi connectivity index (χ0v) is 8.88. The van der Waals surface area contributed by atoms with Crippen LogP contribution in [0.25, 0.3) is 0 Å². The monoisotopic (exact) mass is 190 g/mol. The summed E-state index contributed by atoms with van der Waals surface area (Å²) in [6, 6.07) is 0. The normalized spacial score (nSPS) is 10.6. The summed E-state index contributed by atoms with van der Waals surface area (Å²) in [6.07, 6.45) is 2.05. The highest BCUT2D eigenvalue weighted by atomic mass is 16.5. The van der Waals surface area contributed by atoms with Crippen molar-refractivity contribution in [1.82, 2.24) is 0 Å². The van der Waals surface area contributed by atoms with E-state index in [1.165, 1.54) is 0 Å². The number of hydrogen-bond acceptors (Lipinski definition) is 3. The molecule has 0 aliphatic heterocycles. The molecule has 0 bridgehead atoms. The van der Waals surface area contributed by atoms with E-state index in [0.717, 1.165) is 39.3 Å². The fraction of sp³-hybridized carbons (Fsp3) is 1.00. The second-order valence-electron chi connectivity index (χ2n) is 2.78. The van der Waals surface area contributed by atoms with Gasteiger partial charge in [-0.3, -0.25) is 0 Å². The van der Waals surface area contributed by atoms with Crippen LogP contribution in [-0.4, -0.2) is 39.6 Å². The Hall–Kier alpha value is -0.120. The summed E-state index contributed by atoms with van der Waals surface area (Å²) in [4.78, 5) is 0. The Kier molecular flexibility index (Phi) is 11.8. The summed E-state index contributed by atoms with van der Waals surface area (Å²) < 4.78 is 15.7. The number of rotatable bonds is 10. The minimum Gasteiger partial charge on any atom is -0.382 e. The van der Waals surface area contributed by atoms with Crippen LogP contribution >= 0.6 is 0 Å². The molecule has 0 atom stereocenters. The average Bonchev–Trinajstić information content (AvgIpc) is 2.16. The Labute approximate surface area is 81.4 Å². The summed E-state index contributed by atoms with van der Waals surface area (Å²) in [5.41, 5.74) is 0. The van der Waals surface area contributed by atoms with Gasteiger partial charge in [0.15, 0.2) is 0 Å². The van der Waals surface area contributed by atoms with Crippen molar-refractivity contribution < 1.29 is 14.2 Å². The summed E-state index contributed by atoms with van der Waals surface area (Å²) in [5, 5.41) is 0. The van der Waals surface area contributed by atoms with Crippen LogP contribution in [0.2, 0.25) is 0 Å². The van der Waals surface area contributed by atoms with Gasteiger partial charge in [-0.25, -0.2) is 0 Å². The van der Waals surface area contributed by atoms with Crippen LogP contribution in [0.5, 0.6) is 0 Å². The predicted molar refractivity (Wildman–Crippen MR) is 53.0 cm³/mol. The van der Waals surface area contributed by atoms with Crippen molar-refractivity contribution >= 4 is 0 Å². The van der Waals surface area contributed by atoms with Gasteiger partial charge in [-0.2, -0.15) is 0 Å². The smallest absolute Gasteiger partial charge is 0.0700 e. The van der Waals surface area contributed by atoms with Crippen LogP contribution < -0.4 is 0 Å². The van der Waals surface area contributed by atoms with E-state index in [-0.39, 0.29) is 0 Å². The SMILES string of the molecule is CCCOCCOCCCOCC. The Morgan fingerprint density at radius 1 is 0.692 bits per heavy atom. The molecule has 0 aromatic carbocycles. The van der Waals surface area contributed by atoms with Crippen LogP contribution in [0.4, 0.5) is 0 Å². The summed E-state index contributed by atoms with van der Waals surface area (Å²) in [6.45, 7) is 8.71. The second kappa shape index (κ2) is 11.9. The molecular formula is C10H22O3.